The van der Waals surface area contributed by atoms with Crippen molar-refractivity contribution >= 4 is 28.3 Å². The second kappa shape index (κ2) is 7.49. The zero-order chi connectivity index (χ0) is 12.3. The van der Waals surface area contributed by atoms with Crippen molar-refractivity contribution in [1.82, 2.24) is 4.90 Å². The monoisotopic (exact) mass is 332 g/mol. The molecule has 0 unspecified atom stereocenters. The van der Waals surface area contributed by atoms with Crippen molar-refractivity contribution in [1.29, 1.82) is 0 Å². The van der Waals surface area contributed by atoms with Crippen LogP contribution < -0.4 is 5.73 Å². The van der Waals surface area contributed by atoms with Gasteiger partial charge in [-0.1, -0.05) is 28.1 Å². The molecule has 0 bridgehead atoms. The third-order valence-corrected chi connectivity index (χ3v) is 4.38. The molecule has 0 aliphatic carbocycles. The van der Waals surface area contributed by atoms with Crippen LogP contribution in [-0.2, 0) is 6.54 Å². The predicted octanol–water partition coefficient (Wildman–Crippen LogP) is 3.35. The zero-order valence-corrected chi connectivity index (χ0v) is 13.3. The first-order valence-electron chi connectivity index (χ1n) is 6.36. The third-order valence-electron chi connectivity index (χ3n) is 3.64. The van der Waals surface area contributed by atoms with E-state index in [0.29, 0.717) is 0 Å². The van der Waals surface area contributed by atoms with Crippen LogP contribution in [0.25, 0.3) is 0 Å². The molecule has 1 aromatic carbocycles. The quantitative estimate of drug-likeness (QED) is 0.919. The number of hydrogen-bond donors (Lipinski definition) is 1. The average Bonchev–Trinajstić information content (AvgIpc) is 2.34. The first-order valence-corrected chi connectivity index (χ1v) is 7.16. The lowest BCUT2D eigenvalue weighted by Crippen LogP contribution is -2.35. The van der Waals surface area contributed by atoms with E-state index in [9.17, 15) is 0 Å². The van der Waals surface area contributed by atoms with E-state index in [1.165, 1.54) is 41.5 Å². The summed E-state index contributed by atoms with van der Waals surface area (Å²) in [6.07, 6.45) is 2.50. The molecule has 102 valence electrons. The number of halogens is 2. The Morgan fingerprint density at radius 2 is 2.00 bits per heavy atom. The maximum atomic E-state index is 5.72. The number of aryl methyl sites for hydroxylation is 1. The van der Waals surface area contributed by atoms with Gasteiger partial charge in [0, 0.05) is 11.0 Å². The molecule has 1 aromatic rings. The molecule has 4 heteroatoms. The summed E-state index contributed by atoms with van der Waals surface area (Å²) in [7, 11) is 0. The molecule has 1 aliphatic rings. The number of rotatable bonds is 3. The van der Waals surface area contributed by atoms with Gasteiger partial charge >= 0.3 is 0 Å². The van der Waals surface area contributed by atoms with E-state index in [2.05, 4.69) is 46.0 Å². The maximum absolute atomic E-state index is 5.72. The molecule has 0 saturated carbocycles. The van der Waals surface area contributed by atoms with Crippen molar-refractivity contribution in [3.05, 3.63) is 33.8 Å². The Hall–Kier alpha value is -0.0900. The lowest BCUT2D eigenvalue weighted by Gasteiger charge is -2.31. The Balaban J connectivity index is 0.00000162. The lowest BCUT2D eigenvalue weighted by atomic mass is 9.97. The highest BCUT2D eigenvalue weighted by Gasteiger charge is 2.18. The van der Waals surface area contributed by atoms with E-state index in [0.717, 1.165) is 19.0 Å². The van der Waals surface area contributed by atoms with Crippen LogP contribution in [0.3, 0.4) is 0 Å². The molecule has 2 N–H and O–H groups in total. The molecular weight excluding hydrogens is 312 g/mol. The molecule has 0 radical (unpaired) electrons. The van der Waals surface area contributed by atoms with Crippen molar-refractivity contribution in [3.63, 3.8) is 0 Å². The first kappa shape index (κ1) is 16.0. The number of likely N-dealkylation sites (tertiary alicyclic amines) is 1. The number of benzene rings is 1. The van der Waals surface area contributed by atoms with Crippen LogP contribution >= 0.6 is 28.3 Å². The van der Waals surface area contributed by atoms with Crippen LogP contribution in [0, 0.1) is 12.8 Å². The molecule has 1 saturated heterocycles. The summed E-state index contributed by atoms with van der Waals surface area (Å²) in [4.78, 5) is 2.53. The van der Waals surface area contributed by atoms with Crippen molar-refractivity contribution in [2.75, 3.05) is 19.6 Å². The summed E-state index contributed by atoms with van der Waals surface area (Å²) in [6, 6.07) is 6.61. The Morgan fingerprint density at radius 1 is 1.33 bits per heavy atom. The van der Waals surface area contributed by atoms with E-state index in [-0.39, 0.29) is 12.4 Å². The fraction of sp³-hybridized carbons (Fsp3) is 0.571. The number of piperidine rings is 1. The Kier molecular flexibility index (Phi) is 6.64. The van der Waals surface area contributed by atoms with Gasteiger partial charge in [-0.3, -0.25) is 4.90 Å². The largest absolute Gasteiger partial charge is 0.330 e. The highest BCUT2D eigenvalue weighted by molar-refractivity contribution is 9.10. The van der Waals surface area contributed by atoms with Crippen molar-refractivity contribution in [2.45, 2.75) is 26.3 Å². The van der Waals surface area contributed by atoms with E-state index in [1.54, 1.807) is 0 Å². The standard InChI is InChI=1S/C14H21BrN2.ClH/c1-11-2-3-13(14(15)8-11)10-17-6-4-12(9-16)5-7-17;/h2-3,8,12H,4-7,9-10,16H2,1H3;1H. The van der Waals surface area contributed by atoms with Crippen molar-refractivity contribution < 1.29 is 0 Å². The molecule has 1 heterocycles. The molecule has 1 fully saturated rings. The van der Waals surface area contributed by atoms with Gasteiger partial charge in [0.1, 0.15) is 0 Å². The van der Waals surface area contributed by atoms with E-state index in [1.807, 2.05) is 0 Å². The maximum Gasteiger partial charge on any atom is 0.0244 e. The number of nitrogens with two attached hydrogens (primary N) is 1. The second-order valence-electron chi connectivity index (χ2n) is 5.05. The topological polar surface area (TPSA) is 29.3 Å². The molecule has 0 atom stereocenters. The molecule has 0 amide bonds. The van der Waals surface area contributed by atoms with Crippen LogP contribution in [0.2, 0.25) is 0 Å². The van der Waals surface area contributed by atoms with Gasteiger partial charge in [0.05, 0.1) is 0 Å². The Labute approximate surface area is 124 Å². The minimum atomic E-state index is 0. The van der Waals surface area contributed by atoms with Crippen LogP contribution in [0.1, 0.15) is 24.0 Å². The summed E-state index contributed by atoms with van der Waals surface area (Å²) >= 11 is 3.65. The molecular formula is C14H22BrClN2. The van der Waals surface area contributed by atoms with Gasteiger partial charge in [0.25, 0.3) is 0 Å². The summed E-state index contributed by atoms with van der Waals surface area (Å²) in [5, 5.41) is 0. The van der Waals surface area contributed by atoms with Gasteiger partial charge < -0.3 is 5.73 Å². The highest BCUT2D eigenvalue weighted by Crippen LogP contribution is 2.23. The SMILES string of the molecule is Cc1ccc(CN2CCC(CN)CC2)c(Br)c1.Cl. The van der Waals surface area contributed by atoms with Gasteiger partial charge in [-0.2, -0.15) is 0 Å². The first-order chi connectivity index (χ1) is 8.19. The molecule has 1 aliphatic heterocycles. The summed E-state index contributed by atoms with van der Waals surface area (Å²) < 4.78 is 1.23. The van der Waals surface area contributed by atoms with E-state index < -0.39 is 0 Å². The third kappa shape index (κ3) is 4.23. The number of hydrogen-bond acceptors (Lipinski definition) is 2. The second-order valence-corrected chi connectivity index (χ2v) is 5.90. The number of nitrogens with zero attached hydrogens (tertiary/aromatic N) is 1. The molecule has 18 heavy (non-hydrogen) atoms. The highest BCUT2D eigenvalue weighted by atomic mass is 79.9. The zero-order valence-electron chi connectivity index (χ0n) is 10.9. The minimum absolute atomic E-state index is 0. The minimum Gasteiger partial charge on any atom is -0.330 e. The summed E-state index contributed by atoms with van der Waals surface area (Å²) in [6.45, 7) is 6.39. The lowest BCUT2D eigenvalue weighted by molar-refractivity contribution is 0.180. The van der Waals surface area contributed by atoms with Gasteiger partial charge in [-0.05, 0) is 62.5 Å². The smallest absolute Gasteiger partial charge is 0.0244 e. The molecule has 0 aromatic heterocycles. The van der Waals surface area contributed by atoms with Crippen LogP contribution in [0.15, 0.2) is 22.7 Å². The van der Waals surface area contributed by atoms with Crippen LogP contribution in [0.5, 0.6) is 0 Å². The van der Waals surface area contributed by atoms with Gasteiger partial charge in [0.15, 0.2) is 0 Å². The van der Waals surface area contributed by atoms with Gasteiger partial charge in [-0.15, -0.1) is 12.4 Å². The Bertz CT molecular complexity index is 376. The predicted molar refractivity (Wildman–Crippen MR) is 83.2 cm³/mol. The van der Waals surface area contributed by atoms with Crippen molar-refractivity contribution in [2.24, 2.45) is 11.7 Å². The van der Waals surface area contributed by atoms with E-state index in [4.69, 9.17) is 5.73 Å². The summed E-state index contributed by atoms with van der Waals surface area (Å²) in [5.41, 5.74) is 8.41. The fourth-order valence-electron chi connectivity index (χ4n) is 2.40. The average molecular weight is 334 g/mol. The fourth-order valence-corrected chi connectivity index (χ4v) is 3.02. The normalized spacial score (nSPS) is 17.5. The molecule has 2 nitrogen and oxygen atoms in total. The van der Waals surface area contributed by atoms with E-state index >= 15 is 0 Å². The van der Waals surface area contributed by atoms with Crippen LogP contribution in [-0.4, -0.2) is 24.5 Å². The molecule has 2 rings (SSSR count). The van der Waals surface area contributed by atoms with Crippen molar-refractivity contribution in [3.8, 4) is 0 Å². The van der Waals surface area contributed by atoms with Crippen LogP contribution in [0.4, 0.5) is 0 Å². The molecule has 0 spiro atoms. The summed E-state index contributed by atoms with van der Waals surface area (Å²) in [5.74, 6) is 0.743. The Morgan fingerprint density at radius 3 is 2.56 bits per heavy atom. The van der Waals surface area contributed by atoms with Gasteiger partial charge in [0.2, 0.25) is 0 Å². The van der Waals surface area contributed by atoms with Gasteiger partial charge in [-0.25, -0.2) is 0 Å².